The lowest BCUT2D eigenvalue weighted by Gasteiger charge is -2.05. The number of hydrogen-bond acceptors (Lipinski definition) is 0. The van der Waals surface area contributed by atoms with E-state index in [-0.39, 0.29) is 5.82 Å². The largest absolute Gasteiger partial charge is 0.416 e. The van der Waals surface area contributed by atoms with Crippen molar-refractivity contribution in [3.05, 3.63) is 65.3 Å². The molecule has 0 nitrogen and oxygen atoms in total. The van der Waals surface area contributed by atoms with Gasteiger partial charge in [-0.3, -0.25) is 0 Å². The lowest BCUT2D eigenvalue weighted by molar-refractivity contribution is -0.137. The predicted molar refractivity (Wildman–Crippen MR) is 72.7 cm³/mol. The number of halogens is 4. The van der Waals surface area contributed by atoms with E-state index in [1.165, 1.54) is 18.2 Å². The minimum Gasteiger partial charge on any atom is -0.207 e. The van der Waals surface area contributed by atoms with Gasteiger partial charge in [-0.25, -0.2) is 4.39 Å². The molecule has 1 unspecified atom stereocenters. The van der Waals surface area contributed by atoms with Crippen LogP contribution in [0.4, 0.5) is 17.6 Å². The summed E-state index contributed by atoms with van der Waals surface area (Å²) in [5.41, 5.74) is -0.661. The summed E-state index contributed by atoms with van der Waals surface area (Å²) >= 11 is 0. The van der Waals surface area contributed by atoms with Gasteiger partial charge in [0.15, 0.2) is 9.60 Å². The molecule has 2 aromatic carbocycles. The number of hydrogen-bond donors (Lipinski definition) is 0. The van der Waals surface area contributed by atoms with E-state index in [1.807, 2.05) is 5.38 Å². The van der Waals surface area contributed by atoms with Crippen molar-refractivity contribution in [1.82, 2.24) is 0 Å². The molecule has 0 aliphatic heterocycles. The third kappa shape index (κ3) is 2.29. The van der Waals surface area contributed by atoms with Gasteiger partial charge >= 0.3 is 6.18 Å². The van der Waals surface area contributed by atoms with E-state index in [1.54, 1.807) is 18.2 Å². The first-order valence-electron chi connectivity index (χ1n) is 5.83. The second-order valence-electron chi connectivity index (χ2n) is 4.35. The molecule has 3 rings (SSSR count). The maximum absolute atomic E-state index is 13.1. The first kappa shape index (κ1) is 13.1. The van der Waals surface area contributed by atoms with Gasteiger partial charge in [0.1, 0.15) is 11.2 Å². The van der Waals surface area contributed by atoms with Crippen LogP contribution in [-0.4, -0.2) is 0 Å². The van der Waals surface area contributed by atoms with E-state index < -0.39 is 22.2 Å². The monoisotopic (exact) mass is 297 g/mol. The first-order valence-corrected chi connectivity index (χ1v) is 7.12. The highest BCUT2D eigenvalue weighted by atomic mass is 32.2. The van der Waals surface area contributed by atoms with Crippen LogP contribution < -0.4 is 0 Å². The minimum atomic E-state index is -4.35. The third-order valence-electron chi connectivity index (χ3n) is 3.01. The topological polar surface area (TPSA) is 0 Å². The van der Waals surface area contributed by atoms with Crippen LogP contribution in [0, 0.1) is 5.82 Å². The Bertz CT molecular complexity index is 771. The van der Waals surface area contributed by atoms with Crippen molar-refractivity contribution < 1.29 is 17.6 Å². The number of thiophene rings is 1. The van der Waals surface area contributed by atoms with E-state index in [4.69, 9.17) is 0 Å². The van der Waals surface area contributed by atoms with E-state index in [2.05, 4.69) is 0 Å². The molecular formula is C15H9F4S+. The zero-order valence-electron chi connectivity index (χ0n) is 10.1. The summed E-state index contributed by atoms with van der Waals surface area (Å²) in [6, 6.07) is 11.4. The summed E-state index contributed by atoms with van der Waals surface area (Å²) in [7, 11) is -0.566. The Morgan fingerprint density at radius 2 is 1.70 bits per heavy atom. The number of rotatable bonds is 1. The van der Waals surface area contributed by atoms with Gasteiger partial charge in [-0.05, 0) is 24.3 Å². The summed E-state index contributed by atoms with van der Waals surface area (Å²) in [5.74, 6) is -0.345. The molecule has 0 radical (unpaired) electrons. The smallest absolute Gasteiger partial charge is 0.207 e. The molecule has 0 N–H and O–H groups in total. The number of fused-ring (bicyclic) bond motifs is 1. The van der Waals surface area contributed by atoms with Gasteiger partial charge in [0, 0.05) is 34.1 Å². The lowest BCUT2D eigenvalue weighted by atomic mass is 10.2. The predicted octanol–water partition coefficient (Wildman–Crippen LogP) is 5.74. The zero-order chi connectivity index (χ0) is 14.3. The van der Waals surface area contributed by atoms with Gasteiger partial charge in [0.2, 0.25) is 0 Å². The van der Waals surface area contributed by atoms with Crippen LogP contribution in [0.25, 0.3) is 15.0 Å². The van der Waals surface area contributed by atoms with Crippen molar-refractivity contribution in [3.8, 4) is 4.90 Å². The van der Waals surface area contributed by atoms with Gasteiger partial charge in [-0.15, -0.1) is 0 Å². The van der Waals surface area contributed by atoms with Crippen LogP contribution >= 0.6 is 10.5 Å². The molecule has 102 valence electrons. The fourth-order valence-electron chi connectivity index (χ4n) is 2.08. The van der Waals surface area contributed by atoms with E-state index in [0.717, 1.165) is 22.2 Å². The van der Waals surface area contributed by atoms with Crippen molar-refractivity contribution in [2.75, 3.05) is 0 Å². The molecule has 1 heterocycles. The van der Waals surface area contributed by atoms with Crippen molar-refractivity contribution in [1.29, 1.82) is 0 Å². The van der Waals surface area contributed by atoms with E-state index >= 15 is 0 Å². The minimum absolute atomic E-state index is 0.345. The average Bonchev–Trinajstić information content (AvgIpc) is 2.80. The Kier molecular flexibility index (Phi) is 3.01. The fourth-order valence-corrected chi connectivity index (χ4v) is 3.99. The van der Waals surface area contributed by atoms with Gasteiger partial charge in [-0.2, -0.15) is 13.2 Å². The molecule has 1 aromatic heterocycles. The Morgan fingerprint density at radius 3 is 2.45 bits per heavy atom. The van der Waals surface area contributed by atoms with Crippen molar-refractivity contribution in [2.45, 2.75) is 6.18 Å². The van der Waals surface area contributed by atoms with Gasteiger partial charge in [0.25, 0.3) is 0 Å². The molecule has 0 amide bonds. The molecule has 0 spiro atoms. The van der Waals surface area contributed by atoms with E-state index in [9.17, 15) is 17.6 Å². The van der Waals surface area contributed by atoms with Gasteiger partial charge in [-0.1, -0.05) is 6.07 Å². The van der Waals surface area contributed by atoms with Crippen LogP contribution in [0.15, 0.2) is 53.9 Å². The summed E-state index contributed by atoms with van der Waals surface area (Å²) in [6.07, 6.45) is -4.35. The van der Waals surface area contributed by atoms with Crippen LogP contribution in [-0.2, 0) is 6.18 Å². The SMILES string of the molecule is Fc1ccc2c(cc[s+]2-c2cccc(C(F)(F)F)c2)c1. The van der Waals surface area contributed by atoms with E-state index in [0.29, 0.717) is 4.90 Å². The summed E-state index contributed by atoms with van der Waals surface area (Å²) in [6.45, 7) is 0. The molecule has 0 saturated carbocycles. The van der Waals surface area contributed by atoms with Crippen molar-refractivity contribution in [3.63, 3.8) is 0 Å². The quantitative estimate of drug-likeness (QED) is 0.397. The molecular weight excluding hydrogens is 288 g/mol. The van der Waals surface area contributed by atoms with Crippen LogP contribution in [0.2, 0.25) is 0 Å². The maximum atomic E-state index is 13.1. The maximum Gasteiger partial charge on any atom is 0.416 e. The van der Waals surface area contributed by atoms with Crippen molar-refractivity contribution >= 4 is 20.6 Å². The first-order chi connectivity index (χ1) is 9.45. The lowest BCUT2D eigenvalue weighted by Crippen LogP contribution is -2.04. The normalized spacial score (nSPS) is 12.9. The molecule has 3 aromatic rings. The Hall–Kier alpha value is -1.88. The van der Waals surface area contributed by atoms with Crippen molar-refractivity contribution in [2.24, 2.45) is 0 Å². The zero-order valence-corrected chi connectivity index (χ0v) is 10.9. The molecule has 0 saturated heterocycles. The van der Waals surface area contributed by atoms with Crippen LogP contribution in [0.3, 0.4) is 0 Å². The highest BCUT2D eigenvalue weighted by Crippen LogP contribution is 2.41. The van der Waals surface area contributed by atoms with Gasteiger partial charge < -0.3 is 0 Å². The molecule has 0 aliphatic rings. The Morgan fingerprint density at radius 1 is 0.900 bits per heavy atom. The summed E-state index contributed by atoms with van der Waals surface area (Å²) < 4.78 is 52.2. The molecule has 0 bridgehead atoms. The average molecular weight is 297 g/mol. The Labute approximate surface area is 115 Å². The summed E-state index contributed by atoms with van der Waals surface area (Å²) in [4.78, 5) is 0.585. The fraction of sp³-hybridized carbons (Fsp3) is 0.0667. The molecule has 5 heteroatoms. The molecule has 20 heavy (non-hydrogen) atoms. The number of alkyl halides is 3. The van der Waals surface area contributed by atoms with Crippen LogP contribution in [0.1, 0.15) is 5.56 Å². The molecule has 0 aliphatic carbocycles. The highest BCUT2D eigenvalue weighted by Gasteiger charge is 2.31. The second kappa shape index (κ2) is 4.59. The second-order valence-corrected chi connectivity index (χ2v) is 6.21. The van der Waals surface area contributed by atoms with Gasteiger partial charge in [0.05, 0.1) is 5.56 Å². The molecule has 1 atom stereocenters. The highest BCUT2D eigenvalue weighted by molar-refractivity contribution is 7.43. The molecule has 0 fully saturated rings. The number of benzene rings is 2. The Balaban J connectivity index is 2.16. The summed E-state index contributed by atoms with van der Waals surface area (Å²) in [5, 5.41) is 2.55. The van der Waals surface area contributed by atoms with Crippen LogP contribution in [0.5, 0.6) is 0 Å². The standard InChI is InChI=1S/C15H9F4S/c16-12-4-5-14-10(8-12)6-7-20(14)13-3-1-2-11(9-13)15(17,18)19/h1-9H/q+1. The third-order valence-corrected chi connectivity index (χ3v) is 5.02.